The van der Waals surface area contributed by atoms with E-state index in [4.69, 9.17) is 5.11 Å². The van der Waals surface area contributed by atoms with Gasteiger partial charge in [0, 0.05) is 17.5 Å². The highest BCUT2D eigenvalue weighted by Crippen LogP contribution is 2.23. The van der Waals surface area contributed by atoms with Crippen molar-refractivity contribution in [3.05, 3.63) is 21.9 Å². The van der Waals surface area contributed by atoms with Crippen LogP contribution in [0.1, 0.15) is 30.3 Å². The van der Waals surface area contributed by atoms with Gasteiger partial charge < -0.3 is 10.4 Å². The summed E-state index contributed by atoms with van der Waals surface area (Å²) in [5, 5.41) is 14.5. The summed E-state index contributed by atoms with van der Waals surface area (Å²) in [5.41, 5.74) is 1.33. The third kappa shape index (κ3) is 3.10. The van der Waals surface area contributed by atoms with Gasteiger partial charge in [-0.15, -0.1) is 11.3 Å². The van der Waals surface area contributed by atoms with Gasteiger partial charge in [0.05, 0.1) is 6.10 Å². The van der Waals surface area contributed by atoms with Crippen LogP contribution in [0.25, 0.3) is 0 Å². The van der Waals surface area contributed by atoms with E-state index in [9.17, 15) is 0 Å². The predicted octanol–water partition coefficient (Wildman–Crippen LogP) is 2.09. The van der Waals surface area contributed by atoms with Crippen LogP contribution in [-0.2, 0) is 0 Å². The highest BCUT2D eigenvalue weighted by Gasteiger charge is 2.09. The summed E-state index contributed by atoms with van der Waals surface area (Å²) in [6, 6.07) is 2.47. The normalized spacial score (nSPS) is 15.7. The first kappa shape index (κ1) is 10.7. The lowest BCUT2D eigenvalue weighted by atomic mass is 10.2. The Kier molecular flexibility index (Phi) is 3.90. The van der Waals surface area contributed by atoms with Crippen molar-refractivity contribution < 1.29 is 5.11 Å². The summed E-state index contributed by atoms with van der Waals surface area (Å²) in [7, 11) is 0. The molecule has 0 bridgehead atoms. The molecule has 3 heteroatoms. The minimum Gasteiger partial charge on any atom is -0.392 e. The van der Waals surface area contributed by atoms with Gasteiger partial charge in [-0.05, 0) is 37.8 Å². The van der Waals surface area contributed by atoms with Crippen molar-refractivity contribution in [1.82, 2.24) is 5.32 Å². The molecule has 0 spiro atoms. The largest absolute Gasteiger partial charge is 0.392 e. The Morgan fingerprint density at radius 2 is 2.23 bits per heavy atom. The zero-order valence-corrected chi connectivity index (χ0v) is 9.19. The summed E-state index contributed by atoms with van der Waals surface area (Å²) in [6.45, 7) is 6.69. The Morgan fingerprint density at radius 1 is 1.54 bits per heavy atom. The zero-order valence-electron chi connectivity index (χ0n) is 8.37. The summed E-state index contributed by atoms with van der Waals surface area (Å²) in [4.78, 5) is 1.36. The molecular weight excluding hydrogens is 182 g/mol. The highest BCUT2D eigenvalue weighted by atomic mass is 32.1. The number of hydrogen-bond acceptors (Lipinski definition) is 3. The number of rotatable bonds is 4. The number of aliphatic hydroxyl groups excluding tert-OH is 1. The van der Waals surface area contributed by atoms with E-state index in [1.165, 1.54) is 10.4 Å². The molecule has 2 N–H and O–H groups in total. The molecule has 0 aliphatic carbocycles. The van der Waals surface area contributed by atoms with Crippen LogP contribution in [0.3, 0.4) is 0 Å². The lowest BCUT2D eigenvalue weighted by Gasteiger charge is -2.14. The average Bonchev–Trinajstić information content (AvgIpc) is 2.47. The summed E-state index contributed by atoms with van der Waals surface area (Å²) < 4.78 is 0. The maximum atomic E-state index is 9.11. The second-order valence-electron chi connectivity index (χ2n) is 3.45. The highest BCUT2D eigenvalue weighted by molar-refractivity contribution is 7.10. The van der Waals surface area contributed by atoms with E-state index in [0.29, 0.717) is 12.6 Å². The molecule has 0 fully saturated rings. The molecule has 13 heavy (non-hydrogen) atoms. The fraction of sp³-hybridized carbons (Fsp3) is 0.600. The third-order valence-electron chi connectivity index (χ3n) is 2.01. The van der Waals surface area contributed by atoms with E-state index in [1.807, 2.05) is 0 Å². The van der Waals surface area contributed by atoms with Crippen molar-refractivity contribution in [1.29, 1.82) is 0 Å². The Morgan fingerprint density at radius 3 is 2.69 bits per heavy atom. The zero-order chi connectivity index (χ0) is 9.84. The molecule has 0 saturated carbocycles. The van der Waals surface area contributed by atoms with Crippen LogP contribution >= 0.6 is 11.3 Å². The number of thiophene rings is 1. The van der Waals surface area contributed by atoms with Gasteiger partial charge in [0.2, 0.25) is 0 Å². The molecule has 74 valence electrons. The van der Waals surface area contributed by atoms with Crippen molar-refractivity contribution in [3.63, 3.8) is 0 Å². The second-order valence-corrected chi connectivity index (χ2v) is 4.39. The fourth-order valence-electron chi connectivity index (χ4n) is 1.27. The Bertz CT molecular complexity index is 257. The van der Waals surface area contributed by atoms with Gasteiger partial charge in [0.15, 0.2) is 0 Å². The van der Waals surface area contributed by atoms with Crippen LogP contribution in [0.15, 0.2) is 11.4 Å². The summed E-state index contributed by atoms with van der Waals surface area (Å²) >= 11 is 1.77. The quantitative estimate of drug-likeness (QED) is 0.778. The smallest absolute Gasteiger partial charge is 0.0636 e. The molecule has 1 rings (SSSR count). The first-order valence-electron chi connectivity index (χ1n) is 4.56. The average molecular weight is 199 g/mol. The predicted molar refractivity (Wildman–Crippen MR) is 57.2 cm³/mol. The van der Waals surface area contributed by atoms with Crippen molar-refractivity contribution in [2.24, 2.45) is 0 Å². The number of aliphatic hydroxyl groups is 1. The topological polar surface area (TPSA) is 32.3 Å². The first-order valence-corrected chi connectivity index (χ1v) is 5.44. The van der Waals surface area contributed by atoms with Crippen LogP contribution in [0.5, 0.6) is 0 Å². The molecule has 0 amide bonds. The standard InChI is InChI=1S/C10H17NOS/c1-7-4-5-13-10(7)9(3)11-6-8(2)12/h4-5,8-9,11-12H,6H2,1-3H3/t8-,9?/m1/s1. The van der Waals surface area contributed by atoms with Gasteiger partial charge in [0.1, 0.15) is 0 Å². The van der Waals surface area contributed by atoms with E-state index in [1.54, 1.807) is 18.3 Å². The van der Waals surface area contributed by atoms with Gasteiger partial charge >= 0.3 is 0 Å². The molecule has 0 aromatic carbocycles. The lowest BCUT2D eigenvalue weighted by Crippen LogP contribution is -2.26. The van der Waals surface area contributed by atoms with Gasteiger partial charge in [-0.25, -0.2) is 0 Å². The summed E-state index contributed by atoms with van der Waals surface area (Å²) in [6.07, 6.45) is -0.275. The molecule has 1 heterocycles. The molecule has 0 aliphatic heterocycles. The van der Waals surface area contributed by atoms with Crippen molar-refractivity contribution in [3.8, 4) is 0 Å². The van der Waals surface area contributed by atoms with Crippen LogP contribution < -0.4 is 5.32 Å². The molecule has 1 unspecified atom stereocenters. The van der Waals surface area contributed by atoms with Gasteiger partial charge in [-0.2, -0.15) is 0 Å². The van der Waals surface area contributed by atoms with Crippen LogP contribution in [0, 0.1) is 6.92 Å². The van der Waals surface area contributed by atoms with E-state index in [2.05, 4.69) is 30.6 Å². The number of aryl methyl sites for hydroxylation is 1. The maximum Gasteiger partial charge on any atom is 0.0636 e. The van der Waals surface area contributed by atoms with Crippen LogP contribution in [-0.4, -0.2) is 17.8 Å². The van der Waals surface area contributed by atoms with Gasteiger partial charge in [0.25, 0.3) is 0 Å². The number of hydrogen-bond donors (Lipinski definition) is 2. The third-order valence-corrected chi connectivity index (χ3v) is 3.22. The second kappa shape index (κ2) is 4.74. The molecule has 0 aliphatic rings. The molecule has 2 atom stereocenters. The van der Waals surface area contributed by atoms with E-state index in [-0.39, 0.29) is 6.10 Å². The Balaban J connectivity index is 2.49. The summed E-state index contributed by atoms with van der Waals surface area (Å²) in [5.74, 6) is 0. The molecule has 1 aromatic rings. The van der Waals surface area contributed by atoms with E-state index in [0.717, 1.165) is 0 Å². The van der Waals surface area contributed by atoms with E-state index < -0.39 is 0 Å². The number of nitrogens with one attached hydrogen (secondary N) is 1. The Labute approximate surface area is 83.6 Å². The molecule has 0 saturated heterocycles. The van der Waals surface area contributed by atoms with Crippen molar-refractivity contribution >= 4 is 11.3 Å². The monoisotopic (exact) mass is 199 g/mol. The van der Waals surface area contributed by atoms with E-state index >= 15 is 0 Å². The first-order chi connectivity index (χ1) is 6.11. The molecule has 2 nitrogen and oxygen atoms in total. The van der Waals surface area contributed by atoms with Crippen molar-refractivity contribution in [2.45, 2.75) is 32.9 Å². The minimum atomic E-state index is -0.275. The fourth-order valence-corrected chi connectivity index (χ4v) is 2.23. The van der Waals surface area contributed by atoms with Gasteiger partial charge in [-0.1, -0.05) is 0 Å². The lowest BCUT2D eigenvalue weighted by molar-refractivity contribution is 0.187. The van der Waals surface area contributed by atoms with Gasteiger partial charge in [-0.3, -0.25) is 0 Å². The molecule has 0 radical (unpaired) electrons. The maximum absolute atomic E-state index is 9.11. The Hall–Kier alpha value is -0.380. The minimum absolute atomic E-state index is 0.275. The molecular formula is C10H17NOS. The van der Waals surface area contributed by atoms with Crippen LogP contribution in [0.2, 0.25) is 0 Å². The SMILES string of the molecule is Cc1ccsc1C(C)NC[C@@H](C)O. The van der Waals surface area contributed by atoms with Crippen LogP contribution in [0.4, 0.5) is 0 Å². The van der Waals surface area contributed by atoms with Crippen molar-refractivity contribution in [2.75, 3.05) is 6.54 Å². The molecule has 1 aromatic heterocycles.